The number of carbonyl (C=O) groups is 1. The van der Waals surface area contributed by atoms with Crippen LogP contribution in [0.4, 0.5) is 18.9 Å². The number of carbonyl (C=O) groups excluding carboxylic acids is 1. The molecule has 0 saturated carbocycles. The minimum Gasteiger partial charge on any atom is -0.321 e. The van der Waals surface area contributed by atoms with Crippen LogP contribution in [0.2, 0.25) is 0 Å². The number of rotatable bonds is 2. The quantitative estimate of drug-likeness (QED) is 0.795. The van der Waals surface area contributed by atoms with Crippen LogP contribution >= 0.6 is 0 Å². The summed E-state index contributed by atoms with van der Waals surface area (Å²) < 4.78 is 38.2. The van der Waals surface area contributed by atoms with Gasteiger partial charge in [-0.15, -0.1) is 0 Å². The number of fused-ring (bicyclic) bond motifs is 1. The van der Waals surface area contributed by atoms with Crippen molar-refractivity contribution in [2.75, 3.05) is 5.32 Å². The minimum absolute atomic E-state index is 0.196. The average molecular weight is 317 g/mol. The van der Waals surface area contributed by atoms with Gasteiger partial charge in [-0.2, -0.15) is 13.2 Å². The van der Waals surface area contributed by atoms with Crippen LogP contribution in [0.25, 0.3) is 11.6 Å². The van der Waals surface area contributed by atoms with Gasteiger partial charge in [0, 0.05) is 16.8 Å². The summed E-state index contributed by atoms with van der Waals surface area (Å²) in [4.78, 5) is 12.1. The summed E-state index contributed by atoms with van der Waals surface area (Å²) in [6, 6.07) is 11.0. The van der Waals surface area contributed by atoms with Crippen molar-refractivity contribution in [2.45, 2.75) is 19.5 Å². The van der Waals surface area contributed by atoms with E-state index < -0.39 is 11.7 Å². The fourth-order valence-electron chi connectivity index (χ4n) is 2.53. The number of nitrogens with one attached hydrogen (secondary N) is 1. The lowest BCUT2D eigenvalue weighted by Gasteiger charge is -2.08. The minimum atomic E-state index is -4.43. The molecule has 1 heterocycles. The molecule has 3 rings (SSSR count). The molecule has 23 heavy (non-hydrogen) atoms. The first kappa shape index (κ1) is 15.3. The standard InChI is InChI=1S/C18H14F3NO/c1-2-11-3-5-12(6-4-11)9-15-14-8-7-13(18(19,20)21)10-16(14)22-17(15)23/h3-10H,2H2,1H3,(H,22,23)/b15-9-. The van der Waals surface area contributed by atoms with Crippen molar-refractivity contribution >= 4 is 23.2 Å². The zero-order valence-corrected chi connectivity index (χ0v) is 12.4. The van der Waals surface area contributed by atoms with Crippen molar-refractivity contribution in [3.63, 3.8) is 0 Å². The summed E-state index contributed by atoms with van der Waals surface area (Å²) in [5.74, 6) is -0.390. The van der Waals surface area contributed by atoms with E-state index in [0.29, 0.717) is 11.1 Å². The van der Waals surface area contributed by atoms with E-state index in [9.17, 15) is 18.0 Å². The van der Waals surface area contributed by atoms with Gasteiger partial charge in [0.15, 0.2) is 0 Å². The molecule has 0 aromatic heterocycles. The Hall–Kier alpha value is -2.56. The largest absolute Gasteiger partial charge is 0.416 e. The Balaban J connectivity index is 1.99. The van der Waals surface area contributed by atoms with Crippen LogP contribution in [-0.2, 0) is 17.4 Å². The lowest BCUT2D eigenvalue weighted by Crippen LogP contribution is -2.06. The zero-order chi connectivity index (χ0) is 16.6. The third-order valence-electron chi connectivity index (χ3n) is 3.83. The van der Waals surface area contributed by atoms with Gasteiger partial charge in [-0.1, -0.05) is 37.3 Å². The molecule has 0 saturated heterocycles. The Morgan fingerprint density at radius 3 is 2.39 bits per heavy atom. The maximum absolute atomic E-state index is 12.7. The lowest BCUT2D eigenvalue weighted by atomic mass is 10.0. The van der Waals surface area contributed by atoms with Gasteiger partial charge < -0.3 is 5.32 Å². The zero-order valence-electron chi connectivity index (χ0n) is 12.4. The highest BCUT2D eigenvalue weighted by Gasteiger charge is 2.33. The molecule has 2 nitrogen and oxygen atoms in total. The molecular weight excluding hydrogens is 303 g/mol. The number of aryl methyl sites for hydroxylation is 1. The van der Waals surface area contributed by atoms with Crippen LogP contribution in [0, 0.1) is 0 Å². The highest BCUT2D eigenvalue weighted by Crippen LogP contribution is 2.38. The van der Waals surface area contributed by atoms with Crippen LogP contribution in [0.5, 0.6) is 0 Å². The topological polar surface area (TPSA) is 29.1 Å². The first-order valence-corrected chi connectivity index (χ1v) is 7.22. The van der Waals surface area contributed by atoms with Crippen molar-refractivity contribution in [2.24, 2.45) is 0 Å². The fourth-order valence-corrected chi connectivity index (χ4v) is 2.53. The van der Waals surface area contributed by atoms with E-state index in [4.69, 9.17) is 0 Å². The molecule has 0 aliphatic carbocycles. The van der Waals surface area contributed by atoms with Crippen LogP contribution < -0.4 is 5.32 Å². The second-order valence-electron chi connectivity index (χ2n) is 5.37. The van der Waals surface area contributed by atoms with Gasteiger partial charge in [0.05, 0.1) is 5.56 Å². The van der Waals surface area contributed by atoms with Gasteiger partial charge in [-0.25, -0.2) is 0 Å². The summed E-state index contributed by atoms with van der Waals surface area (Å²) in [5.41, 5.74) is 2.30. The number of hydrogen-bond acceptors (Lipinski definition) is 1. The molecule has 0 bridgehead atoms. The van der Waals surface area contributed by atoms with Crippen molar-refractivity contribution in [1.29, 1.82) is 0 Å². The summed E-state index contributed by atoms with van der Waals surface area (Å²) in [6.07, 6.45) is -1.82. The van der Waals surface area contributed by atoms with E-state index in [1.54, 1.807) is 6.08 Å². The molecule has 2 aromatic carbocycles. The highest BCUT2D eigenvalue weighted by atomic mass is 19.4. The Bertz CT molecular complexity index is 789. The van der Waals surface area contributed by atoms with Crippen LogP contribution in [-0.4, -0.2) is 5.91 Å². The number of hydrogen-bond donors (Lipinski definition) is 1. The van der Waals surface area contributed by atoms with E-state index >= 15 is 0 Å². The average Bonchev–Trinajstić information content (AvgIpc) is 2.82. The number of anilines is 1. The third kappa shape index (κ3) is 2.99. The van der Waals surface area contributed by atoms with Gasteiger partial charge in [-0.3, -0.25) is 4.79 Å². The van der Waals surface area contributed by atoms with E-state index in [0.717, 1.165) is 24.1 Å². The maximum atomic E-state index is 12.7. The Morgan fingerprint density at radius 2 is 1.78 bits per heavy atom. The molecule has 1 aliphatic heterocycles. The molecule has 118 valence electrons. The van der Waals surface area contributed by atoms with E-state index in [1.165, 1.54) is 11.6 Å². The number of amides is 1. The van der Waals surface area contributed by atoms with Crippen molar-refractivity contribution in [1.82, 2.24) is 0 Å². The first-order valence-electron chi connectivity index (χ1n) is 7.22. The van der Waals surface area contributed by atoms with Gasteiger partial charge in [0.25, 0.3) is 5.91 Å². The SMILES string of the molecule is CCc1ccc(/C=C2\C(=O)Nc3cc(C(F)(F)F)ccc32)cc1. The van der Waals surface area contributed by atoms with Gasteiger partial charge in [-0.05, 0) is 35.8 Å². The maximum Gasteiger partial charge on any atom is 0.416 e. The smallest absolute Gasteiger partial charge is 0.321 e. The molecule has 0 atom stereocenters. The molecule has 5 heteroatoms. The summed E-state index contributed by atoms with van der Waals surface area (Å²) in [7, 11) is 0. The number of halogens is 3. The molecule has 0 spiro atoms. The van der Waals surface area contributed by atoms with E-state index in [1.807, 2.05) is 31.2 Å². The van der Waals surface area contributed by atoms with Crippen molar-refractivity contribution < 1.29 is 18.0 Å². The summed E-state index contributed by atoms with van der Waals surface area (Å²) in [6.45, 7) is 2.05. The fraction of sp³-hybridized carbons (Fsp3) is 0.167. The third-order valence-corrected chi connectivity index (χ3v) is 3.83. The monoisotopic (exact) mass is 317 g/mol. The Labute approximate surface area is 131 Å². The normalized spacial score (nSPS) is 15.7. The summed E-state index contributed by atoms with van der Waals surface area (Å²) in [5, 5.41) is 2.50. The number of benzene rings is 2. The van der Waals surface area contributed by atoms with E-state index in [-0.39, 0.29) is 11.6 Å². The Kier molecular flexibility index (Phi) is 3.72. The number of alkyl halides is 3. The van der Waals surface area contributed by atoms with E-state index in [2.05, 4.69) is 5.32 Å². The second kappa shape index (κ2) is 5.57. The van der Waals surface area contributed by atoms with Gasteiger partial charge in [0.2, 0.25) is 0 Å². The summed E-state index contributed by atoms with van der Waals surface area (Å²) >= 11 is 0. The molecule has 1 aliphatic rings. The molecule has 1 amide bonds. The van der Waals surface area contributed by atoms with Gasteiger partial charge in [0.1, 0.15) is 0 Å². The van der Waals surface area contributed by atoms with Crippen LogP contribution in [0.3, 0.4) is 0 Å². The van der Waals surface area contributed by atoms with Crippen molar-refractivity contribution in [3.05, 3.63) is 64.7 Å². The molecule has 0 unspecified atom stereocenters. The lowest BCUT2D eigenvalue weighted by molar-refractivity contribution is -0.137. The molecule has 0 radical (unpaired) electrons. The first-order chi connectivity index (χ1) is 10.9. The Morgan fingerprint density at radius 1 is 1.09 bits per heavy atom. The molecular formula is C18H14F3NO. The predicted octanol–water partition coefficient (Wildman–Crippen LogP) is 4.76. The molecule has 1 N–H and O–H groups in total. The molecule has 2 aromatic rings. The van der Waals surface area contributed by atoms with Crippen LogP contribution in [0.15, 0.2) is 42.5 Å². The second-order valence-corrected chi connectivity index (χ2v) is 5.37. The highest BCUT2D eigenvalue weighted by molar-refractivity contribution is 6.34. The predicted molar refractivity (Wildman–Crippen MR) is 83.8 cm³/mol. The van der Waals surface area contributed by atoms with Crippen molar-refractivity contribution in [3.8, 4) is 0 Å². The van der Waals surface area contributed by atoms with Crippen LogP contribution in [0.1, 0.15) is 29.2 Å². The van der Waals surface area contributed by atoms with Gasteiger partial charge >= 0.3 is 6.18 Å². The molecule has 0 fully saturated rings.